The van der Waals surface area contributed by atoms with Crippen LogP contribution in [0.5, 0.6) is 5.75 Å². The van der Waals surface area contributed by atoms with Crippen molar-refractivity contribution in [2.75, 3.05) is 19.8 Å². The summed E-state index contributed by atoms with van der Waals surface area (Å²) in [5.74, 6) is 0.681. The zero-order chi connectivity index (χ0) is 22.9. The van der Waals surface area contributed by atoms with E-state index in [0.717, 1.165) is 30.8 Å². The third-order valence-electron chi connectivity index (χ3n) is 7.51. The summed E-state index contributed by atoms with van der Waals surface area (Å²) in [6.45, 7) is 1.19. The molecule has 0 unspecified atom stereocenters. The van der Waals surface area contributed by atoms with Crippen LogP contribution in [0.3, 0.4) is 0 Å². The standard InChI is InChI=1S/C27H34O6/c28-14-20-13-24(26(30)27(31)25(20)29)18-5-8-23(17-3-4-17)19(12-18)11-16-1-6-21(7-2-16)33-22-9-10-32-15-22/h1-2,5-8,12,17,20,22,24-31H,3-4,9-11,13-15H2/t20-,22-,24+,25-,26+,27+/m1/s1. The first kappa shape index (κ1) is 22.8. The highest BCUT2D eigenvalue weighted by Gasteiger charge is 2.43. The lowest BCUT2D eigenvalue weighted by Gasteiger charge is -2.40. The fraction of sp³-hybridized carbons (Fsp3) is 0.556. The number of rotatable bonds is 7. The van der Waals surface area contributed by atoms with E-state index in [1.54, 1.807) is 0 Å². The van der Waals surface area contributed by atoms with Gasteiger partial charge in [-0.2, -0.15) is 0 Å². The van der Waals surface area contributed by atoms with Crippen LogP contribution in [0.4, 0.5) is 0 Å². The predicted octanol–water partition coefficient (Wildman–Crippen LogP) is 2.50. The molecular weight excluding hydrogens is 420 g/mol. The zero-order valence-corrected chi connectivity index (χ0v) is 18.8. The summed E-state index contributed by atoms with van der Waals surface area (Å²) in [6, 6.07) is 14.6. The summed E-state index contributed by atoms with van der Waals surface area (Å²) in [7, 11) is 0. The Hall–Kier alpha value is -1.96. The number of aliphatic hydroxyl groups excluding tert-OH is 4. The molecule has 0 spiro atoms. The third-order valence-corrected chi connectivity index (χ3v) is 7.51. The lowest BCUT2D eigenvalue weighted by molar-refractivity contribution is -0.127. The minimum atomic E-state index is -1.26. The first-order valence-electron chi connectivity index (χ1n) is 12.1. The summed E-state index contributed by atoms with van der Waals surface area (Å²) in [6.07, 6.45) is 1.26. The van der Waals surface area contributed by atoms with Gasteiger partial charge in [-0.05, 0) is 66.0 Å². The van der Waals surface area contributed by atoms with Crippen LogP contribution < -0.4 is 4.74 Å². The number of aliphatic hydroxyl groups is 4. The number of hydrogen-bond acceptors (Lipinski definition) is 6. The quantitative estimate of drug-likeness (QED) is 0.513. The van der Waals surface area contributed by atoms with E-state index in [2.05, 4.69) is 24.3 Å². The van der Waals surface area contributed by atoms with Gasteiger partial charge in [-0.15, -0.1) is 0 Å². The molecule has 0 aromatic heterocycles. The van der Waals surface area contributed by atoms with Gasteiger partial charge in [0.25, 0.3) is 0 Å². The second-order valence-electron chi connectivity index (χ2n) is 9.91. The van der Waals surface area contributed by atoms with Gasteiger partial charge in [-0.25, -0.2) is 0 Å². The fourth-order valence-electron chi connectivity index (χ4n) is 5.35. The summed E-state index contributed by atoms with van der Waals surface area (Å²) in [5, 5.41) is 40.8. The highest BCUT2D eigenvalue weighted by Crippen LogP contribution is 2.44. The highest BCUT2D eigenvalue weighted by atomic mass is 16.5. The van der Waals surface area contributed by atoms with Gasteiger partial charge < -0.3 is 29.9 Å². The molecule has 0 radical (unpaired) electrons. The van der Waals surface area contributed by atoms with Gasteiger partial charge >= 0.3 is 0 Å². The molecule has 1 saturated heterocycles. The molecule has 3 aliphatic rings. The van der Waals surface area contributed by atoms with Crippen molar-refractivity contribution in [3.05, 3.63) is 64.7 Å². The molecule has 2 aliphatic carbocycles. The number of benzene rings is 2. The van der Waals surface area contributed by atoms with Crippen molar-refractivity contribution in [2.45, 2.75) is 68.4 Å². The molecule has 2 saturated carbocycles. The van der Waals surface area contributed by atoms with Crippen molar-refractivity contribution >= 4 is 0 Å². The topological polar surface area (TPSA) is 99.4 Å². The van der Waals surface area contributed by atoms with Gasteiger partial charge in [0.1, 0.15) is 18.0 Å². The molecule has 33 heavy (non-hydrogen) atoms. The molecular formula is C27H34O6. The molecule has 4 N–H and O–H groups in total. The lowest BCUT2D eigenvalue weighted by Crippen LogP contribution is -2.51. The summed E-state index contributed by atoms with van der Waals surface area (Å²) in [4.78, 5) is 0. The van der Waals surface area contributed by atoms with Gasteiger partial charge in [0, 0.05) is 24.9 Å². The summed E-state index contributed by atoms with van der Waals surface area (Å²) in [5.41, 5.74) is 4.73. The van der Waals surface area contributed by atoms with Crippen molar-refractivity contribution < 1.29 is 29.9 Å². The fourth-order valence-corrected chi connectivity index (χ4v) is 5.35. The van der Waals surface area contributed by atoms with Crippen molar-refractivity contribution in [3.8, 4) is 5.75 Å². The minimum Gasteiger partial charge on any atom is -0.488 e. The Bertz CT molecular complexity index is 932. The molecule has 1 heterocycles. The largest absolute Gasteiger partial charge is 0.488 e. The smallest absolute Gasteiger partial charge is 0.124 e. The van der Waals surface area contributed by atoms with E-state index in [4.69, 9.17) is 9.47 Å². The van der Waals surface area contributed by atoms with E-state index in [1.165, 1.54) is 29.5 Å². The van der Waals surface area contributed by atoms with Gasteiger partial charge in [-0.1, -0.05) is 30.3 Å². The maximum Gasteiger partial charge on any atom is 0.124 e. The highest BCUT2D eigenvalue weighted by molar-refractivity contribution is 5.42. The lowest BCUT2D eigenvalue weighted by atomic mass is 9.72. The third kappa shape index (κ3) is 4.96. The van der Waals surface area contributed by atoms with Crippen molar-refractivity contribution in [1.29, 1.82) is 0 Å². The average molecular weight is 455 g/mol. The second-order valence-corrected chi connectivity index (χ2v) is 9.91. The molecule has 0 amide bonds. The normalized spacial score (nSPS) is 32.1. The van der Waals surface area contributed by atoms with Crippen molar-refractivity contribution in [2.24, 2.45) is 5.92 Å². The van der Waals surface area contributed by atoms with E-state index in [-0.39, 0.29) is 18.6 Å². The molecule has 6 atom stereocenters. The Kier molecular flexibility index (Phi) is 6.72. The Morgan fingerprint density at radius 1 is 0.909 bits per heavy atom. The van der Waals surface area contributed by atoms with Gasteiger partial charge in [0.05, 0.1) is 25.4 Å². The molecule has 2 aromatic rings. The van der Waals surface area contributed by atoms with Gasteiger partial charge in [0.2, 0.25) is 0 Å². The SMILES string of the molecule is OC[C@H]1C[C@@H](c2ccc(C3CC3)c(Cc3ccc(O[C@@H]4CCOC4)cc3)c2)[C@H](O)[C@@H](O)[C@@H]1O. The van der Waals surface area contributed by atoms with Crippen LogP contribution >= 0.6 is 0 Å². The van der Waals surface area contributed by atoms with Crippen molar-refractivity contribution in [1.82, 2.24) is 0 Å². The van der Waals surface area contributed by atoms with Gasteiger partial charge in [-0.3, -0.25) is 0 Å². The van der Waals surface area contributed by atoms with Crippen LogP contribution in [0.2, 0.25) is 0 Å². The van der Waals surface area contributed by atoms with Crippen LogP contribution in [0, 0.1) is 5.92 Å². The van der Waals surface area contributed by atoms with Crippen LogP contribution in [0.1, 0.15) is 59.8 Å². The molecule has 6 nitrogen and oxygen atoms in total. The van der Waals surface area contributed by atoms with E-state index in [0.29, 0.717) is 18.9 Å². The van der Waals surface area contributed by atoms with E-state index in [1.807, 2.05) is 18.2 Å². The molecule has 1 aliphatic heterocycles. The van der Waals surface area contributed by atoms with E-state index in [9.17, 15) is 20.4 Å². The average Bonchev–Trinajstić information content (AvgIpc) is 3.55. The maximum atomic E-state index is 10.7. The van der Waals surface area contributed by atoms with E-state index < -0.39 is 24.2 Å². The minimum absolute atomic E-state index is 0.132. The van der Waals surface area contributed by atoms with E-state index >= 15 is 0 Å². The predicted molar refractivity (Wildman–Crippen MR) is 123 cm³/mol. The van der Waals surface area contributed by atoms with Crippen LogP contribution in [0.15, 0.2) is 42.5 Å². The Morgan fingerprint density at radius 2 is 1.70 bits per heavy atom. The maximum absolute atomic E-state index is 10.7. The van der Waals surface area contributed by atoms with Crippen LogP contribution in [-0.4, -0.2) is 64.7 Å². The molecule has 5 rings (SSSR count). The molecule has 0 bridgehead atoms. The van der Waals surface area contributed by atoms with Crippen molar-refractivity contribution in [3.63, 3.8) is 0 Å². The summed E-state index contributed by atoms with van der Waals surface area (Å²) >= 11 is 0. The summed E-state index contributed by atoms with van der Waals surface area (Å²) < 4.78 is 11.4. The first-order chi connectivity index (χ1) is 16.0. The second kappa shape index (κ2) is 9.72. The first-order valence-corrected chi connectivity index (χ1v) is 12.1. The molecule has 178 valence electrons. The molecule has 2 aromatic carbocycles. The van der Waals surface area contributed by atoms with Crippen LogP contribution in [0.25, 0.3) is 0 Å². The zero-order valence-electron chi connectivity index (χ0n) is 18.8. The Morgan fingerprint density at radius 3 is 2.36 bits per heavy atom. The van der Waals surface area contributed by atoms with Gasteiger partial charge in [0.15, 0.2) is 0 Å². The Labute approximate surface area is 194 Å². The number of hydrogen-bond donors (Lipinski definition) is 4. The number of ether oxygens (including phenoxy) is 2. The molecule has 3 fully saturated rings. The van der Waals surface area contributed by atoms with Crippen LogP contribution in [-0.2, 0) is 11.2 Å². The monoisotopic (exact) mass is 454 g/mol. The molecule has 6 heteroatoms. The Balaban J connectivity index is 1.36.